The van der Waals surface area contributed by atoms with Crippen LogP contribution in [0, 0.1) is 6.92 Å². The molecule has 0 aliphatic carbocycles. The van der Waals surface area contributed by atoms with E-state index in [1.807, 2.05) is 0 Å². The minimum absolute atomic E-state index is 0.348. The predicted molar refractivity (Wildman–Crippen MR) is 61.1 cm³/mol. The molecule has 0 spiro atoms. The third kappa shape index (κ3) is 1.68. The average molecular weight is 243 g/mol. The first-order valence-corrected chi connectivity index (χ1v) is 5.03. The third-order valence-electron chi connectivity index (χ3n) is 2.15. The molecule has 0 saturated heterocycles. The molecule has 0 saturated carbocycles. The quantitative estimate of drug-likeness (QED) is 0.833. The molecule has 1 heterocycles. The lowest BCUT2D eigenvalue weighted by atomic mass is 10.1. The van der Waals surface area contributed by atoms with Crippen LogP contribution >= 0.6 is 23.2 Å². The van der Waals surface area contributed by atoms with Crippen LogP contribution in [0.15, 0.2) is 22.7 Å². The largest absolute Gasteiger partial charge is 0.381 e. The summed E-state index contributed by atoms with van der Waals surface area (Å²) in [5.41, 5.74) is 6.96. The Morgan fingerprint density at radius 1 is 1.27 bits per heavy atom. The third-order valence-corrected chi connectivity index (χ3v) is 2.78. The summed E-state index contributed by atoms with van der Waals surface area (Å²) < 4.78 is 5.10. The van der Waals surface area contributed by atoms with Gasteiger partial charge in [0.25, 0.3) is 0 Å². The lowest BCUT2D eigenvalue weighted by Gasteiger charge is -2.03. The molecule has 0 bridgehead atoms. The second-order valence-electron chi connectivity index (χ2n) is 3.12. The summed E-state index contributed by atoms with van der Waals surface area (Å²) >= 11 is 12.1. The number of rotatable bonds is 1. The Bertz CT molecular complexity index is 488. The maximum atomic E-state index is 6.03. The topological polar surface area (TPSA) is 52.0 Å². The Morgan fingerprint density at radius 2 is 1.87 bits per heavy atom. The van der Waals surface area contributed by atoms with Crippen molar-refractivity contribution in [3.63, 3.8) is 0 Å². The Kier molecular flexibility index (Phi) is 2.59. The van der Waals surface area contributed by atoms with Gasteiger partial charge in [-0.05, 0) is 19.1 Å². The molecule has 0 unspecified atom stereocenters. The lowest BCUT2D eigenvalue weighted by molar-refractivity contribution is 0.435. The molecular weight excluding hydrogens is 235 g/mol. The fourth-order valence-corrected chi connectivity index (χ4v) is 1.87. The van der Waals surface area contributed by atoms with Gasteiger partial charge >= 0.3 is 0 Å². The van der Waals surface area contributed by atoms with Crippen LogP contribution in [0.1, 0.15) is 5.56 Å². The molecule has 2 N–H and O–H groups in total. The van der Waals surface area contributed by atoms with E-state index in [0.717, 1.165) is 5.56 Å². The zero-order chi connectivity index (χ0) is 11.0. The molecule has 1 aromatic carbocycles. The van der Waals surface area contributed by atoms with E-state index in [2.05, 4.69) is 5.16 Å². The van der Waals surface area contributed by atoms with Gasteiger partial charge in [-0.25, -0.2) is 0 Å². The fourth-order valence-electron chi connectivity index (χ4n) is 1.30. The maximum Gasteiger partial charge on any atom is 0.174 e. The van der Waals surface area contributed by atoms with Crippen molar-refractivity contribution in [2.45, 2.75) is 6.92 Å². The van der Waals surface area contributed by atoms with Crippen molar-refractivity contribution < 1.29 is 4.52 Å². The predicted octanol–water partition coefficient (Wildman–Crippen LogP) is 3.54. The highest BCUT2D eigenvalue weighted by Crippen LogP contribution is 2.37. The summed E-state index contributed by atoms with van der Waals surface area (Å²) in [6.07, 6.45) is 0. The molecule has 78 valence electrons. The van der Waals surface area contributed by atoms with E-state index < -0.39 is 0 Å². The highest BCUT2D eigenvalue weighted by atomic mass is 35.5. The number of benzene rings is 1. The van der Waals surface area contributed by atoms with Crippen molar-refractivity contribution in [2.24, 2.45) is 0 Å². The van der Waals surface area contributed by atoms with Crippen molar-refractivity contribution in [1.82, 2.24) is 5.16 Å². The standard InChI is InChI=1S/C10H8Cl2N2O/c1-5-9(15-14-10(5)13)8-6(11)3-2-4-7(8)12/h2-4H,1H3,(H2,13,14). The minimum atomic E-state index is 0.348. The van der Waals surface area contributed by atoms with Crippen LogP contribution in [0.25, 0.3) is 11.3 Å². The molecule has 2 aromatic rings. The van der Waals surface area contributed by atoms with E-state index in [4.69, 9.17) is 33.5 Å². The first-order chi connectivity index (χ1) is 7.11. The van der Waals surface area contributed by atoms with Gasteiger partial charge in [-0.2, -0.15) is 0 Å². The number of nitrogens with two attached hydrogens (primary N) is 1. The molecule has 0 amide bonds. The number of halogens is 2. The molecule has 0 aliphatic heterocycles. The Hall–Kier alpha value is -1.19. The number of aromatic nitrogens is 1. The van der Waals surface area contributed by atoms with E-state index >= 15 is 0 Å². The van der Waals surface area contributed by atoms with Crippen molar-refractivity contribution in [3.05, 3.63) is 33.8 Å². The first kappa shape index (κ1) is 10.3. The summed E-state index contributed by atoms with van der Waals surface area (Å²) in [5, 5.41) is 4.69. The van der Waals surface area contributed by atoms with E-state index in [-0.39, 0.29) is 0 Å². The first-order valence-electron chi connectivity index (χ1n) is 4.27. The smallest absolute Gasteiger partial charge is 0.174 e. The van der Waals surface area contributed by atoms with Gasteiger partial charge < -0.3 is 10.3 Å². The molecule has 5 heteroatoms. The number of anilines is 1. The molecule has 2 rings (SSSR count). The van der Waals surface area contributed by atoms with Crippen LogP contribution in [0.4, 0.5) is 5.82 Å². The van der Waals surface area contributed by atoms with Crippen molar-refractivity contribution >= 4 is 29.0 Å². The monoisotopic (exact) mass is 242 g/mol. The SMILES string of the molecule is Cc1c(N)noc1-c1c(Cl)cccc1Cl. The molecule has 0 atom stereocenters. The van der Waals surface area contributed by atoms with Crippen LogP contribution < -0.4 is 5.73 Å². The van der Waals surface area contributed by atoms with Gasteiger partial charge in [0.2, 0.25) is 0 Å². The van der Waals surface area contributed by atoms with Gasteiger partial charge in [0.1, 0.15) is 0 Å². The van der Waals surface area contributed by atoms with Crippen LogP contribution in [-0.2, 0) is 0 Å². The Balaban J connectivity index is 2.69. The molecule has 15 heavy (non-hydrogen) atoms. The minimum Gasteiger partial charge on any atom is -0.381 e. The second kappa shape index (κ2) is 3.76. The van der Waals surface area contributed by atoms with Gasteiger partial charge in [-0.1, -0.05) is 34.4 Å². The number of hydrogen-bond donors (Lipinski definition) is 1. The van der Waals surface area contributed by atoms with Gasteiger partial charge in [0.05, 0.1) is 15.6 Å². The van der Waals surface area contributed by atoms with Crippen LogP contribution in [-0.4, -0.2) is 5.16 Å². The van der Waals surface area contributed by atoms with Crippen LogP contribution in [0.5, 0.6) is 0 Å². The van der Waals surface area contributed by atoms with Gasteiger partial charge in [-0.15, -0.1) is 0 Å². The lowest BCUT2D eigenvalue weighted by Crippen LogP contribution is -1.87. The summed E-state index contributed by atoms with van der Waals surface area (Å²) in [6, 6.07) is 5.24. The second-order valence-corrected chi connectivity index (χ2v) is 3.93. The van der Waals surface area contributed by atoms with E-state index in [0.29, 0.717) is 27.2 Å². The summed E-state index contributed by atoms with van der Waals surface area (Å²) in [4.78, 5) is 0. The molecule has 3 nitrogen and oxygen atoms in total. The van der Waals surface area contributed by atoms with E-state index in [9.17, 15) is 0 Å². The fraction of sp³-hybridized carbons (Fsp3) is 0.100. The Labute approximate surface area is 96.8 Å². The number of nitrogen functional groups attached to an aromatic ring is 1. The van der Waals surface area contributed by atoms with E-state index in [1.54, 1.807) is 25.1 Å². The summed E-state index contributed by atoms with van der Waals surface area (Å²) in [6.45, 7) is 1.81. The van der Waals surface area contributed by atoms with Crippen LogP contribution in [0.3, 0.4) is 0 Å². The normalized spacial score (nSPS) is 10.6. The number of nitrogens with zero attached hydrogens (tertiary/aromatic N) is 1. The highest BCUT2D eigenvalue weighted by Gasteiger charge is 2.17. The molecular formula is C10H8Cl2N2O. The van der Waals surface area contributed by atoms with Crippen molar-refractivity contribution in [3.8, 4) is 11.3 Å². The molecule has 0 aliphatic rings. The molecule has 1 aromatic heterocycles. The van der Waals surface area contributed by atoms with Crippen molar-refractivity contribution in [1.29, 1.82) is 0 Å². The highest BCUT2D eigenvalue weighted by molar-refractivity contribution is 6.39. The van der Waals surface area contributed by atoms with Gasteiger partial charge in [0, 0.05) is 5.56 Å². The van der Waals surface area contributed by atoms with E-state index in [1.165, 1.54) is 0 Å². The molecule has 0 fully saturated rings. The average Bonchev–Trinajstić information content (AvgIpc) is 2.49. The Morgan fingerprint density at radius 3 is 2.33 bits per heavy atom. The zero-order valence-electron chi connectivity index (χ0n) is 7.92. The van der Waals surface area contributed by atoms with Gasteiger partial charge in [0.15, 0.2) is 11.6 Å². The maximum absolute atomic E-state index is 6.03. The summed E-state index contributed by atoms with van der Waals surface area (Å²) in [7, 11) is 0. The summed E-state index contributed by atoms with van der Waals surface area (Å²) in [5.74, 6) is 0.865. The van der Waals surface area contributed by atoms with Crippen molar-refractivity contribution in [2.75, 3.05) is 5.73 Å². The zero-order valence-corrected chi connectivity index (χ0v) is 9.43. The molecule has 0 radical (unpaired) electrons. The van der Waals surface area contributed by atoms with Crippen LogP contribution in [0.2, 0.25) is 10.0 Å². The van der Waals surface area contributed by atoms with Gasteiger partial charge in [-0.3, -0.25) is 0 Å². The number of hydrogen-bond acceptors (Lipinski definition) is 3.